The molecule has 18 heavy (non-hydrogen) atoms. The summed E-state index contributed by atoms with van der Waals surface area (Å²) in [5.74, 6) is 0.0689. The number of carbonyl (C=O) groups is 1. The van der Waals surface area contributed by atoms with Crippen LogP contribution in [0.2, 0.25) is 10.0 Å². The molecule has 0 unspecified atom stereocenters. The largest absolute Gasteiger partial charge is 0.482 e. The molecule has 2 aromatic rings. The molecule has 1 aromatic heterocycles. The molecule has 0 fully saturated rings. The fourth-order valence-electron chi connectivity index (χ4n) is 1.17. The quantitative estimate of drug-likeness (QED) is 0.941. The lowest BCUT2D eigenvalue weighted by atomic mass is 10.3. The van der Waals surface area contributed by atoms with Gasteiger partial charge in [0.1, 0.15) is 5.75 Å². The summed E-state index contributed by atoms with van der Waals surface area (Å²) < 4.78 is 5.28. The SMILES string of the molecule is O=C(COc1cc(Cl)ccc1Cl)Nc1nccs1. The third-order valence-electron chi connectivity index (χ3n) is 1.93. The fourth-order valence-corrected chi connectivity index (χ4v) is 2.05. The summed E-state index contributed by atoms with van der Waals surface area (Å²) in [5.41, 5.74) is 0. The van der Waals surface area contributed by atoms with Gasteiger partial charge in [0.05, 0.1) is 5.02 Å². The van der Waals surface area contributed by atoms with Gasteiger partial charge in [0.2, 0.25) is 0 Å². The van der Waals surface area contributed by atoms with Crippen LogP contribution in [0.25, 0.3) is 0 Å². The molecule has 0 aliphatic heterocycles. The molecule has 0 bridgehead atoms. The summed E-state index contributed by atoms with van der Waals surface area (Å²) in [6, 6.07) is 4.81. The minimum absolute atomic E-state index is 0.153. The summed E-state index contributed by atoms with van der Waals surface area (Å²) in [6.07, 6.45) is 1.61. The zero-order valence-corrected chi connectivity index (χ0v) is 11.4. The molecule has 0 aliphatic rings. The molecule has 4 nitrogen and oxygen atoms in total. The number of amides is 1. The van der Waals surface area contributed by atoms with E-state index in [2.05, 4.69) is 10.3 Å². The number of rotatable bonds is 4. The van der Waals surface area contributed by atoms with Gasteiger partial charge in [0, 0.05) is 22.7 Å². The van der Waals surface area contributed by atoms with Crippen molar-refractivity contribution >= 4 is 45.6 Å². The Morgan fingerprint density at radius 1 is 1.44 bits per heavy atom. The van der Waals surface area contributed by atoms with Crippen molar-refractivity contribution in [3.63, 3.8) is 0 Å². The van der Waals surface area contributed by atoms with Crippen LogP contribution in [-0.2, 0) is 4.79 Å². The maximum absolute atomic E-state index is 11.5. The molecule has 1 N–H and O–H groups in total. The van der Waals surface area contributed by atoms with E-state index >= 15 is 0 Å². The fraction of sp³-hybridized carbons (Fsp3) is 0.0909. The van der Waals surface area contributed by atoms with E-state index in [9.17, 15) is 4.79 Å². The molecular formula is C11H8Cl2N2O2S. The van der Waals surface area contributed by atoms with Crippen molar-refractivity contribution in [3.05, 3.63) is 39.8 Å². The molecule has 0 saturated carbocycles. The van der Waals surface area contributed by atoms with E-state index in [4.69, 9.17) is 27.9 Å². The molecule has 1 heterocycles. The Kier molecular flexibility index (Phi) is 4.41. The van der Waals surface area contributed by atoms with Gasteiger partial charge < -0.3 is 4.74 Å². The zero-order chi connectivity index (χ0) is 13.0. The second kappa shape index (κ2) is 6.04. The van der Waals surface area contributed by atoms with E-state index in [0.717, 1.165) is 0 Å². The summed E-state index contributed by atoms with van der Waals surface area (Å²) >= 11 is 13.0. The second-order valence-electron chi connectivity index (χ2n) is 3.25. The predicted octanol–water partition coefficient (Wildman–Crippen LogP) is 3.47. The molecule has 94 valence electrons. The predicted molar refractivity (Wildman–Crippen MR) is 72.7 cm³/mol. The Labute approximate surface area is 118 Å². The maximum Gasteiger partial charge on any atom is 0.264 e. The van der Waals surface area contributed by atoms with Gasteiger partial charge >= 0.3 is 0 Å². The van der Waals surface area contributed by atoms with E-state index in [1.807, 2.05) is 0 Å². The lowest BCUT2D eigenvalue weighted by Gasteiger charge is -2.07. The van der Waals surface area contributed by atoms with Crippen molar-refractivity contribution in [1.82, 2.24) is 4.98 Å². The number of halogens is 2. The van der Waals surface area contributed by atoms with Crippen LogP contribution in [0.5, 0.6) is 5.75 Å². The average Bonchev–Trinajstić information content (AvgIpc) is 2.83. The normalized spacial score (nSPS) is 10.1. The lowest BCUT2D eigenvalue weighted by Crippen LogP contribution is -2.20. The molecule has 7 heteroatoms. The minimum atomic E-state index is -0.305. The smallest absolute Gasteiger partial charge is 0.264 e. The number of hydrogen-bond acceptors (Lipinski definition) is 4. The molecule has 0 saturated heterocycles. The maximum atomic E-state index is 11.5. The summed E-state index contributed by atoms with van der Waals surface area (Å²) in [5, 5.41) is 5.79. The van der Waals surface area contributed by atoms with Gasteiger partial charge in [-0.15, -0.1) is 11.3 Å². The first-order valence-corrected chi connectivity index (χ1v) is 6.56. The lowest BCUT2D eigenvalue weighted by molar-refractivity contribution is -0.118. The van der Waals surface area contributed by atoms with E-state index in [-0.39, 0.29) is 12.5 Å². The number of aromatic nitrogens is 1. The van der Waals surface area contributed by atoms with Gasteiger partial charge in [-0.2, -0.15) is 0 Å². The summed E-state index contributed by atoms with van der Waals surface area (Å²) in [4.78, 5) is 15.5. The monoisotopic (exact) mass is 302 g/mol. The third kappa shape index (κ3) is 3.60. The van der Waals surface area contributed by atoms with Gasteiger partial charge in [-0.25, -0.2) is 4.98 Å². The van der Waals surface area contributed by atoms with Crippen molar-refractivity contribution < 1.29 is 9.53 Å². The van der Waals surface area contributed by atoms with Crippen LogP contribution in [0.1, 0.15) is 0 Å². The Morgan fingerprint density at radius 3 is 3.00 bits per heavy atom. The van der Waals surface area contributed by atoms with Crippen LogP contribution >= 0.6 is 34.5 Å². The van der Waals surface area contributed by atoms with E-state index in [1.165, 1.54) is 11.3 Å². The highest BCUT2D eigenvalue weighted by Crippen LogP contribution is 2.27. The molecule has 0 aliphatic carbocycles. The molecular weight excluding hydrogens is 295 g/mol. The number of benzene rings is 1. The topological polar surface area (TPSA) is 51.2 Å². The first kappa shape index (κ1) is 13.1. The van der Waals surface area contributed by atoms with E-state index in [0.29, 0.717) is 20.9 Å². The second-order valence-corrected chi connectivity index (χ2v) is 4.99. The molecule has 1 amide bonds. The number of nitrogens with one attached hydrogen (secondary N) is 1. The number of anilines is 1. The number of hydrogen-bond donors (Lipinski definition) is 1. The highest BCUT2D eigenvalue weighted by atomic mass is 35.5. The molecule has 1 aromatic carbocycles. The van der Waals surface area contributed by atoms with Gasteiger partial charge in [-0.1, -0.05) is 23.2 Å². The number of nitrogens with zero attached hydrogens (tertiary/aromatic N) is 1. The van der Waals surface area contributed by atoms with Crippen LogP contribution in [-0.4, -0.2) is 17.5 Å². The van der Waals surface area contributed by atoms with Gasteiger partial charge in [0.15, 0.2) is 11.7 Å². The van der Waals surface area contributed by atoms with Crippen molar-refractivity contribution in [2.24, 2.45) is 0 Å². The molecule has 0 radical (unpaired) electrons. The van der Waals surface area contributed by atoms with Crippen molar-refractivity contribution in [3.8, 4) is 5.75 Å². The number of carbonyl (C=O) groups excluding carboxylic acids is 1. The minimum Gasteiger partial charge on any atom is -0.482 e. The Morgan fingerprint density at radius 2 is 2.28 bits per heavy atom. The number of thiazole rings is 1. The van der Waals surface area contributed by atoms with Crippen LogP contribution in [0.15, 0.2) is 29.8 Å². The first-order chi connectivity index (χ1) is 8.65. The van der Waals surface area contributed by atoms with Crippen molar-refractivity contribution in [2.45, 2.75) is 0 Å². The van der Waals surface area contributed by atoms with Crippen LogP contribution in [0.3, 0.4) is 0 Å². The van der Waals surface area contributed by atoms with Gasteiger partial charge in [0.25, 0.3) is 5.91 Å². The number of ether oxygens (including phenoxy) is 1. The Balaban J connectivity index is 1.91. The van der Waals surface area contributed by atoms with Gasteiger partial charge in [-0.3, -0.25) is 10.1 Å². The standard InChI is InChI=1S/C11H8Cl2N2O2S/c12-7-1-2-8(13)9(5-7)17-6-10(16)15-11-14-3-4-18-11/h1-5H,6H2,(H,14,15,16). The van der Waals surface area contributed by atoms with Crippen molar-refractivity contribution in [2.75, 3.05) is 11.9 Å². The molecule has 2 rings (SSSR count). The average molecular weight is 303 g/mol. The highest BCUT2D eigenvalue weighted by Gasteiger charge is 2.07. The van der Waals surface area contributed by atoms with Crippen LogP contribution in [0.4, 0.5) is 5.13 Å². The third-order valence-corrected chi connectivity index (χ3v) is 3.17. The first-order valence-electron chi connectivity index (χ1n) is 4.92. The molecule has 0 atom stereocenters. The van der Waals surface area contributed by atoms with Crippen LogP contribution < -0.4 is 10.1 Å². The van der Waals surface area contributed by atoms with Crippen LogP contribution in [0, 0.1) is 0 Å². The van der Waals surface area contributed by atoms with E-state index < -0.39 is 0 Å². The Bertz CT molecular complexity index is 546. The highest BCUT2D eigenvalue weighted by molar-refractivity contribution is 7.13. The summed E-state index contributed by atoms with van der Waals surface area (Å²) in [7, 11) is 0. The summed E-state index contributed by atoms with van der Waals surface area (Å²) in [6.45, 7) is -0.153. The Hall–Kier alpha value is -1.30. The van der Waals surface area contributed by atoms with Gasteiger partial charge in [-0.05, 0) is 12.1 Å². The van der Waals surface area contributed by atoms with Crippen molar-refractivity contribution in [1.29, 1.82) is 0 Å². The van der Waals surface area contributed by atoms with E-state index in [1.54, 1.807) is 29.8 Å². The zero-order valence-electron chi connectivity index (χ0n) is 9.02. The molecule has 0 spiro atoms.